The molecule has 1 aliphatic rings. The van der Waals surface area contributed by atoms with Crippen LogP contribution in [0.5, 0.6) is 0 Å². The minimum atomic E-state index is -4.64. The number of aromatic nitrogens is 3. The lowest BCUT2D eigenvalue weighted by molar-refractivity contribution is -0.214. The van der Waals surface area contributed by atoms with Gasteiger partial charge in [-0.3, -0.25) is 0 Å². The Morgan fingerprint density at radius 1 is 1.18 bits per heavy atom. The molecule has 15 heteroatoms. The van der Waals surface area contributed by atoms with Crippen LogP contribution < -0.4 is 10.6 Å². The maximum Gasteiger partial charge on any atom is 0.413 e. The van der Waals surface area contributed by atoms with Crippen LogP contribution in [0.3, 0.4) is 0 Å². The van der Waals surface area contributed by atoms with Crippen molar-refractivity contribution in [3.8, 4) is 0 Å². The van der Waals surface area contributed by atoms with Crippen molar-refractivity contribution < 1.29 is 40.7 Å². The molecule has 0 aliphatic carbocycles. The Morgan fingerprint density at radius 2 is 1.82 bits per heavy atom. The number of imidazole rings is 1. The molecule has 3 rings (SSSR count). The summed E-state index contributed by atoms with van der Waals surface area (Å²) in [5, 5.41) is 8.71. The van der Waals surface area contributed by atoms with Gasteiger partial charge in [0.15, 0.2) is 11.2 Å². The first-order valence-corrected chi connectivity index (χ1v) is 12.1. The Bertz CT molecular complexity index is 1220. The number of nitrogens with zero attached hydrogens (tertiary/aromatic N) is 4. The Kier molecular flexibility index (Phi) is 7.80. The predicted molar refractivity (Wildman–Crippen MR) is 128 cm³/mol. The number of carbonyl (C=O) groups excluding carboxylic acids is 2. The number of fused-ring (bicyclic) bond motifs is 1. The zero-order chi connectivity index (χ0) is 29.6. The highest BCUT2D eigenvalue weighted by atomic mass is 19.4. The van der Waals surface area contributed by atoms with E-state index in [2.05, 4.69) is 15.4 Å². The summed E-state index contributed by atoms with van der Waals surface area (Å²) < 4.78 is 86.9. The van der Waals surface area contributed by atoms with E-state index in [1.807, 2.05) is 5.32 Å². The predicted octanol–water partition coefficient (Wildman–Crippen LogP) is 5.51. The number of nitrogens with one attached hydrogen (secondary N) is 2. The van der Waals surface area contributed by atoms with E-state index in [0.717, 1.165) is 25.7 Å². The SMILES string of the molecule is CC(C)(C)OC(=O)N[C@@H](CCC(C)(C)C(F)(F)F)c1cn2ncc(CN3C[C@](C)(C(F)(F)F)NC3=O)cc2n1. The van der Waals surface area contributed by atoms with Gasteiger partial charge < -0.3 is 20.3 Å². The molecule has 39 heavy (non-hydrogen) atoms. The average Bonchev–Trinajstić information content (AvgIpc) is 3.29. The highest BCUT2D eigenvalue weighted by molar-refractivity contribution is 5.78. The molecule has 0 saturated carbocycles. The van der Waals surface area contributed by atoms with Gasteiger partial charge in [0.1, 0.15) is 5.60 Å². The van der Waals surface area contributed by atoms with Crippen molar-refractivity contribution in [2.24, 2.45) is 5.41 Å². The minimum Gasteiger partial charge on any atom is -0.444 e. The quantitative estimate of drug-likeness (QED) is 0.431. The van der Waals surface area contributed by atoms with Crippen LogP contribution in [-0.4, -0.2) is 61.7 Å². The Morgan fingerprint density at radius 3 is 2.36 bits per heavy atom. The fourth-order valence-corrected chi connectivity index (χ4v) is 3.90. The molecule has 0 aromatic carbocycles. The van der Waals surface area contributed by atoms with Crippen LogP contribution >= 0.6 is 0 Å². The molecule has 1 fully saturated rings. The number of hydrogen-bond acceptors (Lipinski definition) is 5. The molecule has 1 aliphatic heterocycles. The van der Waals surface area contributed by atoms with Gasteiger partial charge in [0.2, 0.25) is 0 Å². The molecule has 2 aromatic rings. The third kappa shape index (κ3) is 7.04. The Labute approximate surface area is 221 Å². The van der Waals surface area contributed by atoms with Crippen molar-refractivity contribution in [3.63, 3.8) is 0 Å². The van der Waals surface area contributed by atoms with E-state index in [9.17, 15) is 35.9 Å². The molecule has 0 spiro atoms. The average molecular weight is 567 g/mol. The van der Waals surface area contributed by atoms with Crippen LogP contribution in [0.2, 0.25) is 0 Å². The molecule has 2 aromatic heterocycles. The van der Waals surface area contributed by atoms with Crippen molar-refractivity contribution in [2.75, 3.05) is 6.54 Å². The van der Waals surface area contributed by atoms with Crippen molar-refractivity contribution in [1.82, 2.24) is 30.1 Å². The first-order valence-electron chi connectivity index (χ1n) is 12.1. The van der Waals surface area contributed by atoms with E-state index in [1.165, 1.54) is 23.0 Å². The number of rotatable bonds is 7. The molecule has 3 amide bonds. The number of amides is 3. The first-order chi connectivity index (χ1) is 17.6. The minimum absolute atomic E-state index is 0.119. The second-order valence-corrected chi connectivity index (χ2v) is 11.6. The number of urea groups is 1. The zero-order valence-electron chi connectivity index (χ0n) is 22.4. The van der Waals surface area contributed by atoms with Gasteiger partial charge in [-0.15, -0.1) is 0 Å². The van der Waals surface area contributed by atoms with E-state index >= 15 is 0 Å². The number of hydrogen-bond donors (Lipinski definition) is 2. The van der Waals surface area contributed by atoms with Crippen LogP contribution in [-0.2, 0) is 11.3 Å². The second kappa shape index (κ2) is 10.0. The molecular weight excluding hydrogens is 534 g/mol. The largest absolute Gasteiger partial charge is 0.444 e. The summed E-state index contributed by atoms with van der Waals surface area (Å²) in [6.07, 6.45) is -7.62. The van der Waals surface area contributed by atoms with Crippen molar-refractivity contribution in [2.45, 2.75) is 90.5 Å². The fraction of sp³-hybridized carbons (Fsp3) is 0.667. The number of ether oxygens (including phenoxy) is 1. The molecule has 0 radical (unpaired) electrons. The summed E-state index contributed by atoms with van der Waals surface area (Å²) in [7, 11) is 0. The Balaban J connectivity index is 1.84. The lowest BCUT2D eigenvalue weighted by Crippen LogP contribution is -2.53. The van der Waals surface area contributed by atoms with Gasteiger partial charge in [-0.05, 0) is 52.2 Å². The van der Waals surface area contributed by atoms with E-state index in [1.54, 1.807) is 20.8 Å². The van der Waals surface area contributed by atoms with Gasteiger partial charge in [-0.1, -0.05) is 13.8 Å². The summed E-state index contributed by atoms with van der Waals surface area (Å²) in [6.45, 7) is 7.17. The number of carbonyl (C=O) groups is 2. The van der Waals surface area contributed by atoms with Gasteiger partial charge in [-0.25, -0.2) is 19.1 Å². The first kappa shape index (κ1) is 30.3. The lowest BCUT2D eigenvalue weighted by Gasteiger charge is -2.29. The number of halogens is 6. The molecule has 0 unspecified atom stereocenters. The summed E-state index contributed by atoms with van der Waals surface area (Å²) in [4.78, 5) is 30.0. The zero-order valence-corrected chi connectivity index (χ0v) is 22.4. The van der Waals surface area contributed by atoms with E-state index in [4.69, 9.17) is 4.74 Å². The van der Waals surface area contributed by atoms with Crippen molar-refractivity contribution in [1.29, 1.82) is 0 Å². The normalized spacial score (nSPS) is 19.8. The van der Waals surface area contributed by atoms with Gasteiger partial charge in [0.05, 0.1) is 36.1 Å². The molecule has 1 saturated heterocycles. The van der Waals surface area contributed by atoms with Crippen molar-refractivity contribution in [3.05, 3.63) is 29.7 Å². The van der Waals surface area contributed by atoms with E-state index in [-0.39, 0.29) is 30.7 Å². The maximum absolute atomic E-state index is 13.5. The highest BCUT2D eigenvalue weighted by Crippen LogP contribution is 2.42. The molecule has 3 heterocycles. The Hall–Kier alpha value is -3.26. The lowest BCUT2D eigenvalue weighted by atomic mass is 9.85. The molecule has 218 valence electrons. The molecular formula is C24H32F6N6O3. The molecule has 9 nitrogen and oxygen atoms in total. The van der Waals surface area contributed by atoms with Crippen LogP contribution in [0.4, 0.5) is 35.9 Å². The van der Waals surface area contributed by atoms with Crippen LogP contribution in [0, 0.1) is 5.41 Å². The van der Waals surface area contributed by atoms with E-state index in [0.29, 0.717) is 5.56 Å². The smallest absolute Gasteiger partial charge is 0.413 e. The monoisotopic (exact) mass is 566 g/mol. The van der Waals surface area contributed by atoms with Crippen LogP contribution in [0.25, 0.3) is 5.65 Å². The summed E-state index contributed by atoms with van der Waals surface area (Å²) >= 11 is 0. The maximum atomic E-state index is 13.5. The summed E-state index contributed by atoms with van der Waals surface area (Å²) in [5.41, 5.74) is -4.45. The summed E-state index contributed by atoms with van der Waals surface area (Å²) in [5.74, 6) is 0. The molecule has 2 atom stereocenters. The van der Waals surface area contributed by atoms with Crippen LogP contribution in [0.1, 0.15) is 71.7 Å². The number of alkyl carbamates (subject to hydrolysis) is 1. The standard InChI is InChI=1S/C24H32F6N6O3/c1-20(2,3)39-19(38)33-15(7-8-21(4,5)23(25,26)27)16-12-36-17(32-16)9-14(10-31-36)11-35-13-22(6,24(28,29)30)34-18(35)37/h9-10,12,15H,7-8,11,13H2,1-6H3,(H,33,38)(H,34,37)/t15-,22+/m0/s1. The van der Waals surface area contributed by atoms with Crippen molar-refractivity contribution >= 4 is 17.8 Å². The molecule has 0 bridgehead atoms. The van der Waals surface area contributed by atoms with Crippen LogP contribution in [0.15, 0.2) is 18.5 Å². The third-order valence-electron chi connectivity index (χ3n) is 6.44. The second-order valence-electron chi connectivity index (χ2n) is 11.6. The fourth-order valence-electron chi connectivity index (χ4n) is 3.90. The highest BCUT2D eigenvalue weighted by Gasteiger charge is 2.57. The van der Waals surface area contributed by atoms with Gasteiger partial charge in [0.25, 0.3) is 0 Å². The van der Waals surface area contributed by atoms with Gasteiger partial charge in [-0.2, -0.15) is 31.4 Å². The molecule has 2 N–H and O–H groups in total. The topological polar surface area (TPSA) is 101 Å². The van der Waals surface area contributed by atoms with E-state index < -0.39 is 53.6 Å². The summed E-state index contributed by atoms with van der Waals surface area (Å²) in [6, 6.07) is -0.340. The third-order valence-corrected chi connectivity index (χ3v) is 6.44. The number of alkyl halides is 6. The van der Waals surface area contributed by atoms with Gasteiger partial charge >= 0.3 is 24.5 Å². The van der Waals surface area contributed by atoms with Gasteiger partial charge in [0, 0.05) is 6.54 Å².